The van der Waals surface area contributed by atoms with Crippen LogP contribution in [-0.4, -0.2) is 18.2 Å². The van der Waals surface area contributed by atoms with Gasteiger partial charge in [-0.05, 0) is 24.6 Å². The molecule has 1 rings (SSSR count). The van der Waals surface area contributed by atoms with Gasteiger partial charge in [-0.25, -0.2) is 0 Å². The van der Waals surface area contributed by atoms with Crippen molar-refractivity contribution in [2.45, 2.75) is 20.3 Å². The predicted molar refractivity (Wildman–Crippen MR) is 68.2 cm³/mol. The van der Waals surface area contributed by atoms with Crippen LogP contribution in [0.4, 0.5) is 5.69 Å². The van der Waals surface area contributed by atoms with Gasteiger partial charge >= 0.3 is 0 Å². The van der Waals surface area contributed by atoms with Crippen molar-refractivity contribution in [2.75, 3.05) is 12.3 Å². The molecule has 0 aliphatic carbocycles. The SMILES string of the molecule is CCC(=O)CNC(=O)c1cc(N)cc(C)c1Cl. The van der Waals surface area contributed by atoms with E-state index in [1.54, 1.807) is 19.9 Å². The smallest absolute Gasteiger partial charge is 0.253 e. The molecule has 1 aromatic carbocycles. The number of anilines is 1. The number of carbonyl (C=O) groups is 2. The minimum Gasteiger partial charge on any atom is -0.399 e. The first-order valence-corrected chi connectivity index (χ1v) is 5.69. The van der Waals surface area contributed by atoms with Gasteiger partial charge in [0.1, 0.15) is 0 Å². The van der Waals surface area contributed by atoms with Crippen LogP contribution in [0, 0.1) is 6.92 Å². The molecular weight excluding hydrogens is 240 g/mol. The fourth-order valence-electron chi connectivity index (χ4n) is 1.36. The molecule has 4 nitrogen and oxygen atoms in total. The number of nitrogens with two attached hydrogens (primary N) is 1. The highest BCUT2D eigenvalue weighted by molar-refractivity contribution is 6.34. The Morgan fingerprint density at radius 2 is 2.06 bits per heavy atom. The predicted octanol–water partition coefficient (Wildman–Crippen LogP) is 1.94. The van der Waals surface area contributed by atoms with Gasteiger partial charge in [0, 0.05) is 12.1 Å². The molecule has 0 aliphatic heterocycles. The van der Waals surface area contributed by atoms with Gasteiger partial charge in [-0.15, -0.1) is 0 Å². The standard InChI is InChI=1S/C12H15ClN2O2/c1-3-9(16)6-15-12(17)10-5-8(14)4-7(2)11(10)13/h4-5H,3,6,14H2,1-2H3,(H,15,17). The maximum atomic E-state index is 11.8. The number of nitrogen functional groups attached to an aromatic ring is 1. The lowest BCUT2D eigenvalue weighted by molar-refractivity contribution is -0.117. The highest BCUT2D eigenvalue weighted by atomic mass is 35.5. The van der Waals surface area contributed by atoms with Crippen molar-refractivity contribution in [3.8, 4) is 0 Å². The first-order chi connectivity index (χ1) is 7.95. The number of rotatable bonds is 4. The molecule has 3 N–H and O–H groups in total. The monoisotopic (exact) mass is 254 g/mol. The van der Waals surface area contributed by atoms with E-state index in [1.807, 2.05) is 0 Å². The molecule has 0 spiro atoms. The number of amides is 1. The molecule has 17 heavy (non-hydrogen) atoms. The third-order valence-corrected chi connectivity index (χ3v) is 2.86. The number of nitrogens with one attached hydrogen (secondary N) is 1. The van der Waals surface area contributed by atoms with Gasteiger partial charge in [0.05, 0.1) is 17.1 Å². The van der Waals surface area contributed by atoms with E-state index >= 15 is 0 Å². The molecule has 0 bridgehead atoms. The summed E-state index contributed by atoms with van der Waals surface area (Å²) in [4.78, 5) is 22.9. The largest absolute Gasteiger partial charge is 0.399 e. The Morgan fingerprint density at radius 1 is 1.41 bits per heavy atom. The molecule has 0 heterocycles. The number of hydrogen-bond acceptors (Lipinski definition) is 3. The number of ketones is 1. The fraction of sp³-hybridized carbons (Fsp3) is 0.333. The van der Waals surface area contributed by atoms with E-state index in [0.717, 1.165) is 5.56 Å². The van der Waals surface area contributed by atoms with Gasteiger partial charge in [-0.2, -0.15) is 0 Å². The molecule has 0 atom stereocenters. The Labute approximate surface area is 105 Å². The van der Waals surface area contributed by atoms with Crippen LogP contribution < -0.4 is 11.1 Å². The molecule has 1 amide bonds. The Hall–Kier alpha value is -1.55. The van der Waals surface area contributed by atoms with Crippen molar-refractivity contribution in [3.05, 3.63) is 28.3 Å². The fourth-order valence-corrected chi connectivity index (χ4v) is 1.56. The molecule has 92 valence electrons. The maximum absolute atomic E-state index is 11.8. The average molecular weight is 255 g/mol. The van der Waals surface area contributed by atoms with Gasteiger partial charge in [-0.1, -0.05) is 18.5 Å². The van der Waals surface area contributed by atoms with Crippen LogP contribution in [0.2, 0.25) is 5.02 Å². The third-order valence-electron chi connectivity index (χ3n) is 2.36. The highest BCUT2D eigenvalue weighted by Crippen LogP contribution is 2.23. The minimum atomic E-state index is -0.382. The molecular formula is C12H15ClN2O2. The number of Topliss-reactive ketones (excluding diaryl/α,β-unsaturated/α-hetero) is 1. The quantitative estimate of drug-likeness (QED) is 0.807. The first-order valence-electron chi connectivity index (χ1n) is 5.31. The van der Waals surface area contributed by atoms with Gasteiger partial charge < -0.3 is 11.1 Å². The highest BCUT2D eigenvalue weighted by Gasteiger charge is 2.13. The molecule has 0 saturated heterocycles. The van der Waals surface area contributed by atoms with Gasteiger partial charge in [0.2, 0.25) is 0 Å². The van der Waals surface area contributed by atoms with Crippen LogP contribution >= 0.6 is 11.6 Å². The van der Waals surface area contributed by atoms with Gasteiger partial charge in [0.15, 0.2) is 5.78 Å². The van der Waals surface area contributed by atoms with E-state index in [4.69, 9.17) is 17.3 Å². The van der Waals surface area contributed by atoms with E-state index in [2.05, 4.69) is 5.32 Å². The summed E-state index contributed by atoms with van der Waals surface area (Å²) in [7, 11) is 0. The third kappa shape index (κ3) is 3.46. The zero-order valence-electron chi connectivity index (χ0n) is 9.84. The summed E-state index contributed by atoms with van der Waals surface area (Å²) in [5.41, 5.74) is 7.15. The van der Waals surface area contributed by atoms with Crippen molar-refractivity contribution in [3.63, 3.8) is 0 Å². The van der Waals surface area contributed by atoms with Crippen molar-refractivity contribution in [1.29, 1.82) is 0 Å². The van der Waals surface area contributed by atoms with Crippen molar-refractivity contribution < 1.29 is 9.59 Å². The van der Waals surface area contributed by atoms with E-state index < -0.39 is 0 Å². The summed E-state index contributed by atoms with van der Waals surface area (Å²) >= 11 is 6.01. The second-order valence-corrected chi connectivity index (χ2v) is 4.15. The van der Waals surface area contributed by atoms with Crippen LogP contribution in [0.15, 0.2) is 12.1 Å². The topological polar surface area (TPSA) is 72.2 Å². The van der Waals surface area contributed by atoms with Crippen molar-refractivity contribution in [1.82, 2.24) is 5.32 Å². The second kappa shape index (κ2) is 5.68. The summed E-state index contributed by atoms with van der Waals surface area (Å²) in [5, 5.41) is 2.88. The van der Waals surface area contributed by atoms with E-state index in [0.29, 0.717) is 22.7 Å². The number of hydrogen-bond donors (Lipinski definition) is 2. The lowest BCUT2D eigenvalue weighted by atomic mass is 10.1. The Morgan fingerprint density at radius 3 is 2.65 bits per heavy atom. The zero-order valence-corrected chi connectivity index (χ0v) is 10.6. The normalized spacial score (nSPS) is 10.1. The Balaban J connectivity index is 2.86. The molecule has 0 unspecified atom stereocenters. The van der Waals surface area contributed by atoms with Gasteiger partial charge in [-0.3, -0.25) is 9.59 Å². The van der Waals surface area contributed by atoms with Crippen LogP contribution in [0.1, 0.15) is 29.3 Å². The molecule has 1 aromatic rings. The van der Waals surface area contributed by atoms with Crippen LogP contribution in [0.3, 0.4) is 0 Å². The Bertz CT molecular complexity index is 458. The summed E-state index contributed by atoms with van der Waals surface area (Å²) < 4.78 is 0. The van der Waals surface area contributed by atoms with E-state index in [1.165, 1.54) is 6.07 Å². The summed E-state index contributed by atoms with van der Waals surface area (Å²) in [6, 6.07) is 3.19. The van der Waals surface area contributed by atoms with Crippen molar-refractivity contribution in [2.24, 2.45) is 0 Å². The number of halogens is 1. The lowest BCUT2D eigenvalue weighted by Gasteiger charge is -2.08. The van der Waals surface area contributed by atoms with E-state index in [9.17, 15) is 9.59 Å². The molecule has 0 aromatic heterocycles. The Kier molecular flexibility index (Phi) is 4.52. The lowest BCUT2D eigenvalue weighted by Crippen LogP contribution is -2.29. The van der Waals surface area contributed by atoms with Crippen LogP contribution in [-0.2, 0) is 4.79 Å². The van der Waals surface area contributed by atoms with Crippen molar-refractivity contribution >= 4 is 29.0 Å². The molecule has 0 fully saturated rings. The second-order valence-electron chi connectivity index (χ2n) is 3.77. The molecule has 5 heteroatoms. The first kappa shape index (κ1) is 13.5. The van der Waals surface area contributed by atoms with Crippen LogP contribution in [0.5, 0.6) is 0 Å². The minimum absolute atomic E-state index is 0.0134. The van der Waals surface area contributed by atoms with E-state index in [-0.39, 0.29) is 18.2 Å². The molecule has 0 saturated carbocycles. The van der Waals surface area contributed by atoms with Gasteiger partial charge in [0.25, 0.3) is 5.91 Å². The summed E-state index contributed by atoms with van der Waals surface area (Å²) in [6.45, 7) is 3.53. The number of benzene rings is 1. The summed E-state index contributed by atoms with van der Waals surface area (Å²) in [5.74, 6) is -0.415. The van der Waals surface area contributed by atoms with Crippen LogP contribution in [0.25, 0.3) is 0 Å². The number of carbonyl (C=O) groups excluding carboxylic acids is 2. The summed E-state index contributed by atoms with van der Waals surface area (Å²) in [6.07, 6.45) is 0.393. The molecule has 0 aliphatic rings. The zero-order chi connectivity index (χ0) is 13.0. The number of aryl methyl sites for hydroxylation is 1. The average Bonchev–Trinajstić information content (AvgIpc) is 2.30. The molecule has 0 radical (unpaired) electrons. The maximum Gasteiger partial charge on any atom is 0.253 e.